The van der Waals surface area contributed by atoms with Crippen LogP contribution in [0, 0.1) is 11.8 Å². The Morgan fingerprint density at radius 1 is 1.27 bits per heavy atom. The quantitative estimate of drug-likeness (QED) is 0.576. The zero-order valence-corrected chi connectivity index (χ0v) is 9.17. The van der Waals surface area contributed by atoms with Crippen LogP contribution in [0.3, 0.4) is 0 Å². The largest absolute Gasteiger partial charge is 0.346 e. The lowest BCUT2D eigenvalue weighted by Crippen LogP contribution is -2.00. The highest BCUT2D eigenvalue weighted by atomic mass is 32.1. The minimum Gasteiger partial charge on any atom is -0.346 e. The van der Waals surface area contributed by atoms with Gasteiger partial charge < -0.3 is 9.47 Å². The number of ether oxygens (including phenoxy) is 2. The van der Waals surface area contributed by atoms with Gasteiger partial charge in [0.2, 0.25) is 0 Å². The summed E-state index contributed by atoms with van der Waals surface area (Å²) >= 11 is 4.06. The molecule has 0 amide bonds. The van der Waals surface area contributed by atoms with E-state index in [2.05, 4.69) is 24.5 Å². The Morgan fingerprint density at radius 3 is 2.73 bits per heavy atom. The van der Waals surface area contributed by atoms with Crippen molar-refractivity contribution in [3.05, 3.63) is 35.4 Å². The van der Waals surface area contributed by atoms with E-state index in [9.17, 15) is 0 Å². The molecular weight excluding hydrogens is 208 g/mol. The van der Waals surface area contributed by atoms with Crippen LogP contribution in [0.25, 0.3) is 0 Å². The van der Waals surface area contributed by atoms with Gasteiger partial charge in [-0.2, -0.15) is 12.6 Å². The Kier molecular flexibility index (Phi) is 3.68. The van der Waals surface area contributed by atoms with Crippen LogP contribution in [0.1, 0.15) is 17.4 Å². The summed E-state index contributed by atoms with van der Waals surface area (Å²) in [4.78, 5) is 0. The molecular formula is C12H12O2S. The summed E-state index contributed by atoms with van der Waals surface area (Å²) in [6, 6.07) is 7.88. The van der Waals surface area contributed by atoms with E-state index in [1.54, 1.807) is 0 Å². The van der Waals surface area contributed by atoms with Gasteiger partial charge in [0.05, 0.1) is 19.0 Å². The average molecular weight is 220 g/mol. The van der Waals surface area contributed by atoms with Crippen LogP contribution >= 0.6 is 12.6 Å². The molecule has 0 aromatic heterocycles. The summed E-state index contributed by atoms with van der Waals surface area (Å²) in [5.74, 6) is 6.54. The van der Waals surface area contributed by atoms with Gasteiger partial charge in [-0.05, 0) is 6.07 Å². The van der Waals surface area contributed by atoms with Crippen molar-refractivity contribution in [1.29, 1.82) is 0 Å². The lowest BCUT2D eigenvalue weighted by molar-refractivity contribution is -0.0442. The topological polar surface area (TPSA) is 18.5 Å². The normalized spacial score (nSPS) is 16.1. The summed E-state index contributed by atoms with van der Waals surface area (Å²) in [6.45, 7) is 1.30. The highest BCUT2D eigenvalue weighted by molar-refractivity contribution is 7.80. The first-order valence-electron chi connectivity index (χ1n) is 4.83. The zero-order chi connectivity index (χ0) is 10.5. The Balaban J connectivity index is 2.28. The van der Waals surface area contributed by atoms with E-state index in [0.29, 0.717) is 19.0 Å². The summed E-state index contributed by atoms with van der Waals surface area (Å²) in [5, 5.41) is 0. The molecule has 15 heavy (non-hydrogen) atoms. The van der Waals surface area contributed by atoms with E-state index in [1.165, 1.54) is 0 Å². The second kappa shape index (κ2) is 5.22. The fourth-order valence-electron chi connectivity index (χ4n) is 1.49. The maximum absolute atomic E-state index is 5.45. The van der Waals surface area contributed by atoms with E-state index in [4.69, 9.17) is 9.47 Å². The van der Waals surface area contributed by atoms with E-state index in [1.807, 2.05) is 24.3 Å². The van der Waals surface area contributed by atoms with Crippen LogP contribution in [-0.2, 0) is 9.47 Å². The fraction of sp³-hybridized carbons (Fsp3) is 0.333. The summed E-state index contributed by atoms with van der Waals surface area (Å²) in [7, 11) is 0. The fourth-order valence-corrected chi connectivity index (χ4v) is 1.57. The van der Waals surface area contributed by atoms with Gasteiger partial charge >= 0.3 is 0 Å². The molecule has 0 atom stereocenters. The second-order valence-electron chi connectivity index (χ2n) is 3.12. The summed E-state index contributed by atoms with van der Waals surface area (Å²) in [5.41, 5.74) is 1.96. The molecule has 1 aliphatic heterocycles. The highest BCUT2D eigenvalue weighted by Gasteiger charge is 2.20. The maximum Gasteiger partial charge on any atom is 0.185 e. The highest BCUT2D eigenvalue weighted by Crippen LogP contribution is 2.25. The van der Waals surface area contributed by atoms with Crippen LogP contribution in [-0.4, -0.2) is 19.0 Å². The molecule has 1 fully saturated rings. The van der Waals surface area contributed by atoms with E-state index in [0.717, 1.165) is 11.1 Å². The smallest absolute Gasteiger partial charge is 0.185 e. The van der Waals surface area contributed by atoms with Gasteiger partial charge in [0.25, 0.3) is 0 Å². The van der Waals surface area contributed by atoms with Crippen LogP contribution < -0.4 is 0 Å². The molecule has 2 rings (SSSR count). The standard InChI is InChI=1S/C12H12O2S/c15-9-3-5-10-4-1-2-6-11(10)12-13-7-8-14-12/h1-2,4,6,12,15H,7-9H2. The van der Waals surface area contributed by atoms with Gasteiger partial charge in [-0.1, -0.05) is 30.0 Å². The third-order valence-electron chi connectivity index (χ3n) is 2.14. The Bertz CT molecular complexity index is 386. The monoisotopic (exact) mass is 220 g/mol. The van der Waals surface area contributed by atoms with Crippen molar-refractivity contribution < 1.29 is 9.47 Å². The number of benzene rings is 1. The number of hydrogen-bond donors (Lipinski definition) is 1. The van der Waals surface area contributed by atoms with Gasteiger partial charge in [-0.15, -0.1) is 0 Å². The second-order valence-corrected chi connectivity index (χ2v) is 3.44. The van der Waals surface area contributed by atoms with Crippen molar-refractivity contribution in [2.45, 2.75) is 6.29 Å². The van der Waals surface area contributed by atoms with Crippen molar-refractivity contribution in [2.75, 3.05) is 19.0 Å². The summed E-state index contributed by atoms with van der Waals surface area (Å²) < 4.78 is 10.9. The van der Waals surface area contributed by atoms with Gasteiger partial charge in [-0.25, -0.2) is 0 Å². The third kappa shape index (κ3) is 2.54. The van der Waals surface area contributed by atoms with Crippen LogP contribution in [0.15, 0.2) is 24.3 Å². The number of thiol groups is 1. The molecule has 0 saturated carbocycles. The molecule has 0 unspecified atom stereocenters. The Hall–Kier alpha value is -0.950. The van der Waals surface area contributed by atoms with Crippen molar-refractivity contribution in [2.24, 2.45) is 0 Å². The molecule has 0 spiro atoms. The summed E-state index contributed by atoms with van der Waals surface area (Å²) in [6.07, 6.45) is -0.254. The van der Waals surface area contributed by atoms with E-state index in [-0.39, 0.29) is 6.29 Å². The molecule has 0 radical (unpaired) electrons. The van der Waals surface area contributed by atoms with Crippen molar-refractivity contribution in [1.82, 2.24) is 0 Å². The molecule has 0 bridgehead atoms. The molecule has 78 valence electrons. The molecule has 1 aromatic rings. The first-order valence-corrected chi connectivity index (χ1v) is 5.47. The first kappa shape index (κ1) is 10.6. The molecule has 1 aliphatic rings. The lowest BCUT2D eigenvalue weighted by atomic mass is 10.1. The van der Waals surface area contributed by atoms with Gasteiger partial charge in [0, 0.05) is 11.1 Å². The van der Waals surface area contributed by atoms with Gasteiger partial charge in [0.1, 0.15) is 0 Å². The predicted molar refractivity (Wildman–Crippen MR) is 61.8 cm³/mol. The van der Waals surface area contributed by atoms with Crippen LogP contribution in [0.2, 0.25) is 0 Å². The van der Waals surface area contributed by atoms with Gasteiger partial charge in [-0.3, -0.25) is 0 Å². The Labute approximate surface area is 95.0 Å². The van der Waals surface area contributed by atoms with E-state index >= 15 is 0 Å². The van der Waals surface area contributed by atoms with Gasteiger partial charge in [0.15, 0.2) is 6.29 Å². The number of hydrogen-bond acceptors (Lipinski definition) is 3. The van der Waals surface area contributed by atoms with Crippen molar-refractivity contribution >= 4 is 12.6 Å². The van der Waals surface area contributed by atoms with Crippen LogP contribution in [0.5, 0.6) is 0 Å². The molecule has 0 N–H and O–H groups in total. The molecule has 1 saturated heterocycles. The minimum atomic E-state index is -0.254. The molecule has 1 heterocycles. The lowest BCUT2D eigenvalue weighted by Gasteiger charge is -2.10. The molecule has 1 aromatic carbocycles. The van der Waals surface area contributed by atoms with Crippen LogP contribution in [0.4, 0.5) is 0 Å². The minimum absolute atomic E-state index is 0.254. The SMILES string of the molecule is SCC#Cc1ccccc1C1OCCO1. The maximum atomic E-state index is 5.45. The predicted octanol–water partition coefficient (Wildman–Crippen LogP) is 2.01. The Morgan fingerprint density at radius 2 is 2.00 bits per heavy atom. The molecule has 0 aliphatic carbocycles. The van der Waals surface area contributed by atoms with E-state index < -0.39 is 0 Å². The molecule has 3 heteroatoms. The first-order chi connectivity index (χ1) is 7.42. The third-order valence-corrected chi connectivity index (χ3v) is 2.30. The van der Waals surface area contributed by atoms with Crippen molar-refractivity contribution in [3.63, 3.8) is 0 Å². The number of rotatable bonds is 1. The van der Waals surface area contributed by atoms with Crippen molar-refractivity contribution in [3.8, 4) is 11.8 Å². The average Bonchev–Trinajstić information content (AvgIpc) is 2.80. The molecule has 2 nitrogen and oxygen atoms in total. The zero-order valence-electron chi connectivity index (χ0n) is 8.27.